The van der Waals surface area contributed by atoms with Crippen LogP contribution in [0.25, 0.3) is 10.8 Å². The van der Waals surface area contributed by atoms with Crippen molar-refractivity contribution in [2.45, 2.75) is 11.7 Å². The standard InChI is InChI=1S/C14H13FN2O3S/c15-21(19,20)10-7-13(18)17(8-10)12-6-2-4-9-3-1-5-11(16)14(9)12/h1-6,10H,7-8,16H2. The molecular formula is C14H13FN2O3S. The van der Waals surface area contributed by atoms with E-state index in [1.165, 1.54) is 4.90 Å². The third kappa shape index (κ3) is 2.33. The SMILES string of the molecule is Nc1cccc2cccc(N3CC(S(=O)(=O)F)CC3=O)c12. The average molecular weight is 308 g/mol. The molecule has 0 bridgehead atoms. The first-order chi connectivity index (χ1) is 9.88. The first-order valence-corrected chi connectivity index (χ1v) is 7.83. The van der Waals surface area contributed by atoms with E-state index in [9.17, 15) is 17.1 Å². The average Bonchev–Trinajstić information content (AvgIpc) is 2.80. The second kappa shape index (κ2) is 4.70. The van der Waals surface area contributed by atoms with E-state index in [0.717, 1.165) is 5.39 Å². The van der Waals surface area contributed by atoms with E-state index in [4.69, 9.17) is 5.73 Å². The quantitative estimate of drug-likeness (QED) is 0.678. The second-order valence-electron chi connectivity index (χ2n) is 5.03. The lowest BCUT2D eigenvalue weighted by molar-refractivity contribution is -0.117. The topological polar surface area (TPSA) is 80.5 Å². The summed E-state index contributed by atoms with van der Waals surface area (Å²) in [7, 11) is -4.73. The molecule has 0 aliphatic carbocycles. The summed E-state index contributed by atoms with van der Waals surface area (Å²) in [4.78, 5) is 13.3. The number of hydrogen-bond donors (Lipinski definition) is 1. The van der Waals surface area contributed by atoms with Crippen LogP contribution < -0.4 is 10.6 Å². The smallest absolute Gasteiger partial charge is 0.307 e. The number of amides is 1. The molecule has 1 amide bonds. The highest BCUT2D eigenvalue weighted by atomic mass is 32.3. The molecule has 1 unspecified atom stereocenters. The number of benzene rings is 2. The Kier molecular flexibility index (Phi) is 3.09. The summed E-state index contributed by atoms with van der Waals surface area (Å²) in [5, 5.41) is 0.197. The number of nitrogens with two attached hydrogens (primary N) is 1. The molecule has 7 heteroatoms. The molecule has 1 heterocycles. The van der Waals surface area contributed by atoms with E-state index in [2.05, 4.69) is 0 Å². The predicted octanol–water partition coefficient (Wildman–Crippen LogP) is 1.83. The van der Waals surface area contributed by atoms with E-state index in [0.29, 0.717) is 16.8 Å². The Morgan fingerprint density at radius 3 is 2.48 bits per heavy atom. The van der Waals surface area contributed by atoms with Crippen molar-refractivity contribution in [2.24, 2.45) is 0 Å². The number of halogens is 1. The van der Waals surface area contributed by atoms with Crippen LogP contribution in [-0.2, 0) is 15.0 Å². The van der Waals surface area contributed by atoms with Gasteiger partial charge in [-0.1, -0.05) is 24.3 Å². The third-order valence-corrected chi connectivity index (χ3v) is 4.81. The van der Waals surface area contributed by atoms with Gasteiger partial charge in [0, 0.05) is 24.0 Å². The van der Waals surface area contributed by atoms with Gasteiger partial charge in [0.2, 0.25) is 5.91 Å². The molecule has 1 fully saturated rings. The Morgan fingerprint density at radius 1 is 1.19 bits per heavy atom. The molecule has 21 heavy (non-hydrogen) atoms. The molecule has 0 radical (unpaired) electrons. The van der Waals surface area contributed by atoms with Crippen molar-refractivity contribution in [2.75, 3.05) is 17.2 Å². The maximum absolute atomic E-state index is 13.1. The predicted molar refractivity (Wildman–Crippen MR) is 79.1 cm³/mol. The van der Waals surface area contributed by atoms with Crippen LogP contribution in [-0.4, -0.2) is 26.1 Å². The number of anilines is 2. The first kappa shape index (κ1) is 13.8. The Morgan fingerprint density at radius 2 is 1.86 bits per heavy atom. The lowest BCUT2D eigenvalue weighted by Gasteiger charge is -2.19. The molecule has 1 saturated heterocycles. The number of rotatable bonds is 2. The van der Waals surface area contributed by atoms with Gasteiger partial charge < -0.3 is 10.6 Å². The van der Waals surface area contributed by atoms with Gasteiger partial charge in [-0.3, -0.25) is 4.79 Å². The molecule has 2 aromatic carbocycles. The zero-order valence-electron chi connectivity index (χ0n) is 11.0. The minimum Gasteiger partial charge on any atom is -0.398 e. The van der Waals surface area contributed by atoms with Crippen LogP contribution in [0.4, 0.5) is 15.3 Å². The van der Waals surface area contributed by atoms with Crippen LogP contribution >= 0.6 is 0 Å². The molecule has 1 aliphatic heterocycles. The van der Waals surface area contributed by atoms with E-state index in [-0.39, 0.29) is 13.0 Å². The summed E-state index contributed by atoms with van der Waals surface area (Å²) in [6.07, 6.45) is -0.345. The van der Waals surface area contributed by atoms with Crippen molar-refractivity contribution >= 4 is 38.3 Å². The minimum absolute atomic E-state index is 0.189. The van der Waals surface area contributed by atoms with E-state index < -0.39 is 21.4 Å². The Labute approximate surface area is 121 Å². The van der Waals surface area contributed by atoms with Crippen molar-refractivity contribution in [1.82, 2.24) is 0 Å². The molecular weight excluding hydrogens is 295 g/mol. The fourth-order valence-corrected chi connectivity index (χ4v) is 3.34. The maximum Gasteiger partial charge on any atom is 0.307 e. The summed E-state index contributed by atoms with van der Waals surface area (Å²) >= 11 is 0. The number of fused-ring (bicyclic) bond motifs is 1. The lowest BCUT2D eigenvalue weighted by Crippen LogP contribution is -2.27. The number of carbonyl (C=O) groups excluding carboxylic acids is 1. The normalized spacial score (nSPS) is 19.4. The Bertz CT molecular complexity index is 830. The number of nitrogen functional groups attached to an aromatic ring is 1. The van der Waals surface area contributed by atoms with Gasteiger partial charge in [0.1, 0.15) is 5.25 Å². The first-order valence-electron chi connectivity index (χ1n) is 6.39. The highest BCUT2D eigenvalue weighted by Gasteiger charge is 2.39. The summed E-state index contributed by atoms with van der Waals surface area (Å²) in [5.41, 5.74) is 6.96. The molecule has 0 saturated carbocycles. The monoisotopic (exact) mass is 308 g/mol. The molecule has 2 aromatic rings. The van der Waals surface area contributed by atoms with Crippen molar-refractivity contribution in [3.63, 3.8) is 0 Å². The van der Waals surface area contributed by atoms with Crippen molar-refractivity contribution in [3.8, 4) is 0 Å². The van der Waals surface area contributed by atoms with E-state index >= 15 is 0 Å². The molecule has 0 spiro atoms. The highest BCUT2D eigenvalue weighted by molar-refractivity contribution is 7.87. The minimum atomic E-state index is -4.73. The van der Waals surface area contributed by atoms with Gasteiger partial charge in [-0.15, -0.1) is 3.89 Å². The third-order valence-electron chi connectivity index (χ3n) is 3.69. The molecule has 3 rings (SSSR count). The molecule has 5 nitrogen and oxygen atoms in total. The Hall–Kier alpha value is -2.15. The lowest BCUT2D eigenvalue weighted by atomic mass is 10.1. The van der Waals surface area contributed by atoms with Gasteiger partial charge in [0.05, 0.1) is 5.69 Å². The number of hydrogen-bond acceptors (Lipinski definition) is 4. The summed E-state index contributed by atoms with van der Waals surface area (Å²) in [6.45, 7) is -0.189. The molecule has 0 aromatic heterocycles. The van der Waals surface area contributed by atoms with Gasteiger partial charge in [-0.2, -0.15) is 8.42 Å². The number of nitrogens with zero attached hydrogens (tertiary/aromatic N) is 1. The van der Waals surface area contributed by atoms with Gasteiger partial charge in [-0.25, -0.2) is 0 Å². The fraction of sp³-hybridized carbons (Fsp3) is 0.214. The molecule has 1 aliphatic rings. The van der Waals surface area contributed by atoms with Crippen LogP contribution in [0.5, 0.6) is 0 Å². The van der Waals surface area contributed by atoms with Crippen LogP contribution in [0.3, 0.4) is 0 Å². The summed E-state index contributed by atoms with van der Waals surface area (Å²) < 4.78 is 35.2. The highest BCUT2D eigenvalue weighted by Crippen LogP contribution is 2.34. The van der Waals surface area contributed by atoms with Crippen molar-refractivity contribution in [3.05, 3.63) is 36.4 Å². The van der Waals surface area contributed by atoms with Gasteiger partial charge >= 0.3 is 10.2 Å². The molecule has 2 N–H and O–H groups in total. The van der Waals surface area contributed by atoms with Crippen LogP contribution in [0.2, 0.25) is 0 Å². The Balaban J connectivity index is 2.12. The van der Waals surface area contributed by atoms with Crippen LogP contribution in [0, 0.1) is 0 Å². The van der Waals surface area contributed by atoms with Gasteiger partial charge in [-0.05, 0) is 17.5 Å². The fourth-order valence-electron chi connectivity index (χ4n) is 2.67. The summed E-state index contributed by atoms with van der Waals surface area (Å²) in [6, 6.07) is 10.6. The molecule has 110 valence electrons. The van der Waals surface area contributed by atoms with Crippen LogP contribution in [0.15, 0.2) is 36.4 Å². The zero-order valence-corrected chi connectivity index (χ0v) is 11.8. The molecule has 1 atom stereocenters. The number of carbonyl (C=O) groups is 1. The largest absolute Gasteiger partial charge is 0.398 e. The summed E-state index contributed by atoms with van der Waals surface area (Å²) in [5.74, 6) is -0.419. The zero-order chi connectivity index (χ0) is 15.2. The maximum atomic E-state index is 13.1. The van der Waals surface area contributed by atoms with E-state index in [1.54, 1.807) is 24.3 Å². The second-order valence-corrected chi connectivity index (χ2v) is 6.65. The van der Waals surface area contributed by atoms with Gasteiger partial charge in [0.25, 0.3) is 0 Å². The van der Waals surface area contributed by atoms with Crippen LogP contribution in [0.1, 0.15) is 6.42 Å². The van der Waals surface area contributed by atoms with Crippen molar-refractivity contribution < 1.29 is 17.1 Å². The van der Waals surface area contributed by atoms with Crippen molar-refractivity contribution in [1.29, 1.82) is 0 Å². The van der Waals surface area contributed by atoms with Gasteiger partial charge in [0.15, 0.2) is 0 Å². The van der Waals surface area contributed by atoms with E-state index in [1.807, 2.05) is 12.1 Å².